The van der Waals surface area contributed by atoms with Crippen molar-refractivity contribution in [1.29, 1.82) is 0 Å². The van der Waals surface area contributed by atoms with Crippen molar-refractivity contribution in [3.05, 3.63) is 0 Å². The monoisotopic (exact) mass is 322 g/mol. The normalized spacial score (nSPS) is 17.6. The van der Waals surface area contributed by atoms with Gasteiger partial charge in [0.1, 0.15) is 6.10 Å². The number of carbonyl (C=O) groups is 1. The zero-order valence-corrected chi connectivity index (χ0v) is 13.7. The van der Waals surface area contributed by atoms with Crippen LogP contribution in [-0.4, -0.2) is 83.6 Å². The lowest BCUT2D eigenvalue weighted by Crippen LogP contribution is -2.51. The van der Waals surface area contributed by atoms with E-state index in [9.17, 15) is 20.1 Å². The first-order valence-electron chi connectivity index (χ1n) is 7.33. The van der Waals surface area contributed by atoms with Gasteiger partial charge in [0.05, 0.1) is 23.9 Å². The Morgan fingerprint density at radius 2 is 1.82 bits per heavy atom. The first-order chi connectivity index (χ1) is 10.2. The fourth-order valence-electron chi connectivity index (χ4n) is 1.91. The molecule has 8 nitrogen and oxygen atoms in total. The van der Waals surface area contributed by atoms with Crippen LogP contribution >= 0.6 is 0 Å². The first-order valence-corrected chi connectivity index (χ1v) is 7.33. The molecule has 0 saturated heterocycles. The third-order valence-corrected chi connectivity index (χ3v) is 3.61. The van der Waals surface area contributed by atoms with E-state index in [4.69, 9.17) is 9.84 Å². The lowest BCUT2D eigenvalue weighted by Gasteiger charge is -2.28. The van der Waals surface area contributed by atoms with Crippen molar-refractivity contribution >= 4 is 5.91 Å². The summed E-state index contributed by atoms with van der Waals surface area (Å²) in [6.45, 7) is 3.21. The molecule has 0 fully saturated rings. The molecule has 4 atom stereocenters. The Morgan fingerprint density at radius 1 is 1.23 bits per heavy atom. The molecule has 8 heteroatoms. The van der Waals surface area contributed by atoms with E-state index in [0.29, 0.717) is 6.42 Å². The molecule has 6 N–H and O–H groups in total. The number of aliphatic hydroxyl groups is 4. The average Bonchev–Trinajstić information content (AvgIpc) is 2.49. The molecular weight excluding hydrogens is 292 g/mol. The summed E-state index contributed by atoms with van der Waals surface area (Å²) in [4.78, 5) is 12.1. The topological polar surface area (TPSA) is 131 Å². The van der Waals surface area contributed by atoms with Gasteiger partial charge in [-0.15, -0.1) is 0 Å². The maximum Gasteiger partial charge on any atom is 0.237 e. The van der Waals surface area contributed by atoms with Crippen molar-refractivity contribution in [2.75, 3.05) is 27.3 Å². The molecule has 0 aliphatic rings. The van der Waals surface area contributed by atoms with Crippen LogP contribution in [0.5, 0.6) is 0 Å². The minimum atomic E-state index is -1.43. The van der Waals surface area contributed by atoms with Gasteiger partial charge in [0.25, 0.3) is 0 Å². The van der Waals surface area contributed by atoms with Crippen LogP contribution in [0.15, 0.2) is 0 Å². The maximum atomic E-state index is 12.1. The molecule has 22 heavy (non-hydrogen) atoms. The number of amides is 1. The lowest BCUT2D eigenvalue weighted by molar-refractivity contribution is -0.126. The van der Waals surface area contributed by atoms with Crippen LogP contribution < -0.4 is 10.6 Å². The van der Waals surface area contributed by atoms with Crippen molar-refractivity contribution in [3.8, 4) is 0 Å². The molecule has 0 heterocycles. The fraction of sp³-hybridized carbons (Fsp3) is 0.929. The number of methoxy groups -OCH3 is 1. The molecule has 0 aromatic rings. The van der Waals surface area contributed by atoms with E-state index in [-0.39, 0.29) is 25.5 Å². The highest BCUT2D eigenvalue weighted by atomic mass is 16.5. The van der Waals surface area contributed by atoms with Gasteiger partial charge in [-0.1, -0.05) is 0 Å². The number of hydrogen-bond donors (Lipinski definition) is 6. The predicted octanol–water partition coefficient (Wildman–Crippen LogP) is -2.03. The van der Waals surface area contributed by atoms with Gasteiger partial charge in [-0.05, 0) is 27.3 Å². The number of ether oxygens (including phenoxy) is 1. The molecular formula is C14H30N2O6. The molecule has 0 radical (unpaired) electrons. The van der Waals surface area contributed by atoms with Crippen molar-refractivity contribution in [1.82, 2.24) is 10.6 Å². The van der Waals surface area contributed by atoms with Crippen LogP contribution in [-0.2, 0) is 9.53 Å². The molecule has 0 aromatic heterocycles. The molecule has 0 aliphatic carbocycles. The Labute approximate surface area is 131 Å². The minimum Gasteiger partial charge on any atom is -0.396 e. The Hall–Kier alpha value is -0.770. The molecule has 132 valence electrons. The Balaban J connectivity index is 4.40. The number of hydrogen-bond acceptors (Lipinski definition) is 7. The van der Waals surface area contributed by atoms with Crippen molar-refractivity contribution in [2.24, 2.45) is 0 Å². The fourth-order valence-corrected chi connectivity index (χ4v) is 1.91. The van der Waals surface area contributed by atoms with E-state index in [2.05, 4.69) is 10.6 Å². The van der Waals surface area contributed by atoms with Gasteiger partial charge in [0, 0.05) is 26.7 Å². The summed E-state index contributed by atoms with van der Waals surface area (Å²) in [6.07, 6.45) is -3.62. The largest absolute Gasteiger partial charge is 0.396 e. The van der Waals surface area contributed by atoms with Crippen LogP contribution in [0, 0.1) is 0 Å². The second kappa shape index (κ2) is 10.1. The Morgan fingerprint density at radius 3 is 2.27 bits per heavy atom. The number of carbonyl (C=O) groups excluding carboxylic acids is 1. The predicted molar refractivity (Wildman–Crippen MR) is 81.3 cm³/mol. The van der Waals surface area contributed by atoms with E-state index in [1.807, 2.05) is 13.8 Å². The van der Waals surface area contributed by atoms with E-state index in [1.165, 1.54) is 0 Å². The van der Waals surface area contributed by atoms with Gasteiger partial charge < -0.3 is 35.8 Å². The molecule has 0 aromatic carbocycles. The van der Waals surface area contributed by atoms with Crippen LogP contribution in [0.4, 0.5) is 0 Å². The van der Waals surface area contributed by atoms with Crippen LogP contribution in [0.3, 0.4) is 0 Å². The SMILES string of the molecule is CN[C@@H](CC(C)(C)OC)C(=O)NC[C@H](O)[C@@H](O)[C@H](O)CCO. The van der Waals surface area contributed by atoms with E-state index in [1.54, 1.807) is 14.2 Å². The molecule has 0 aliphatic heterocycles. The maximum absolute atomic E-state index is 12.1. The standard InChI is InChI=1S/C14H30N2O6/c1-14(2,22-4)7-9(15-3)13(21)16-8-11(19)12(20)10(18)5-6-17/h9-12,15,17-20H,5-8H2,1-4H3,(H,16,21)/t9-,10+,11-,12-/m0/s1. The number of likely N-dealkylation sites (N-methyl/N-ethyl adjacent to an activating group) is 1. The first kappa shape index (κ1) is 21.2. The van der Waals surface area contributed by atoms with Gasteiger partial charge in [-0.2, -0.15) is 0 Å². The van der Waals surface area contributed by atoms with Gasteiger partial charge in [-0.25, -0.2) is 0 Å². The van der Waals surface area contributed by atoms with Gasteiger partial charge in [0.2, 0.25) is 5.91 Å². The second-order valence-corrected chi connectivity index (χ2v) is 5.89. The summed E-state index contributed by atoms with van der Waals surface area (Å²) in [6, 6.07) is -0.512. The highest BCUT2D eigenvalue weighted by Crippen LogP contribution is 2.15. The van der Waals surface area contributed by atoms with Crippen LogP contribution in [0.25, 0.3) is 0 Å². The molecule has 1 amide bonds. The van der Waals surface area contributed by atoms with Crippen molar-refractivity contribution < 1.29 is 30.0 Å². The van der Waals surface area contributed by atoms with Crippen molar-refractivity contribution in [2.45, 2.75) is 56.6 Å². The second-order valence-electron chi connectivity index (χ2n) is 5.89. The Kier molecular flexibility index (Phi) is 9.74. The molecule has 0 saturated carbocycles. The quantitative estimate of drug-likeness (QED) is 0.259. The van der Waals surface area contributed by atoms with E-state index in [0.717, 1.165) is 0 Å². The smallest absolute Gasteiger partial charge is 0.237 e. The van der Waals surface area contributed by atoms with Gasteiger partial charge >= 0.3 is 0 Å². The summed E-state index contributed by atoms with van der Waals surface area (Å²) in [5, 5.41) is 42.9. The summed E-state index contributed by atoms with van der Waals surface area (Å²) in [5.41, 5.74) is -0.486. The molecule has 0 spiro atoms. The Bertz CT molecular complexity index is 326. The highest BCUT2D eigenvalue weighted by Gasteiger charge is 2.28. The summed E-state index contributed by atoms with van der Waals surface area (Å²) in [7, 11) is 3.21. The average molecular weight is 322 g/mol. The zero-order chi connectivity index (χ0) is 17.3. The van der Waals surface area contributed by atoms with Gasteiger partial charge in [-0.3, -0.25) is 4.79 Å². The van der Waals surface area contributed by atoms with Crippen LogP contribution in [0.1, 0.15) is 26.7 Å². The lowest BCUT2D eigenvalue weighted by atomic mass is 9.98. The summed E-state index contributed by atoms with van der Waals surface area (Å²) >= 11 is 0. The zero-order valence-electron chi connectivity index (χ0n) is 13.7. The van der Waals surface area contributed by atoms with Crippen molar-refractivity contribution in [3.63, 3.8) is 0 Å². The minimum absolute atomic E-state index is 0.0483. The summed E-state index contributed by atoms with van der Waals surface area (Å²) in [5.74, 6) is -0.337. The highest BCUT2D eigenvalue weighted by molar-refractivity contribution is 5.81. The third kappa shape index (κ3) is 7.48. The molecule has 0 bridgehead atoms. The van der Waals surface area contributed by atoms with Crippen LogP contribution in [0.2, 0.25) is 0 Å². The number of rotatable bonds is 11. The third-order valence-electron chi connectivity index (χ3n) is 3.61. The number of aliphatic hydroxyl groups excluding tert-OH is 4. The van der Waals surface area contributed by atoms with E-state index < -0.39 is 30.0 Å². The van der Waals surface area contributed by atoms with E-state index >= 15 is 0 Å². The summed E-state index contributed by atoms with van der Waals surface area (Å²) < 4.78 is 5.28. The number of nitrogens with one attached hydrogen (secondary N) is 2. The van der Waals surface area contributed by atoms with Gasteiger partial charge in [0.15, 0.2) is 0 Å². The molecule has 0 rings (SSSR count). The molecule has 0 unspecified atom stereocenters.